The molecule has 6 heteroatoms. The molecule has 0 aliphatic carbocycles. The highest BCUT2D eigenvalue weighted by Gasteiger charge is 2.29. The molecule has 0 bridgehead atoms. The second kappa shape index (κ2) is 7.68. The molecule has 2 aromatic carbocycles. The number of ether oxygens (including phenoxy) is 1. The van der Waals surface area contributed by atoms with E-state index in [-0.39, 0.29) is 5.92 Å². The largest absolute Gasteiger partial charge is 0.459 e. The van der Waals surface area contributed by atoms with Crippen LogP contribution in [0.3, 0.4) is 0 Å². The maximum atomic E-state index is 12.9. The minimum Gasteiger partial charge on any atom is -0.459 e. The van der Waals surface area contributed by atoms with Gasteiger partial charge in [-0.25, -0.2) is 8.93 Å². The van der Waals surface area contributed by atoms with E-state index >= 15 is 0 Å². The Hall–Kier alpha value is -2.18. The van der Waals surface area contributed by atoms with Crippen LogP contribution in [0.4, 0.5) is 0 Å². The highest BCUT2D eigenvalue weighted by atomic mass is 32.2. The van der Waals surface area contributed by atoms with E-state index in [4.69, 9.17) is 9.15 Å². The number of aryl methyl sites for hydroxylation is 1. The SMILES string of the molecule is Cc1ccc2oc3cc(S(=O)NC(C(=O)OC(C)(C)C)C(C)C)ccc3c2c1. The monoisotopic (exact) mass is 401 g/mol. The fraction of sp³-hybridized carbons (Fsp3) is 0.409. The van der Waals surface area contributed by atoms with Crippen molar-refractivity contribution in [2.45, 2.75) is 58.1 Å². The van der Waals surface area contributed by atoms with Gasteiger partial charge in [0, 0.05) is 10.8 Å². The summed E-state index contributed by atoms with van der Waals surface area (Å²) in [7, 11) is -1.58. The van der Waals surface area contributed by atoms with Crippen LogP contribution in [0.25, 0.3) is 21.9 Å². The lowest BCUT2D eigenvalue weighted by Gasteiger charge is -2.26. The molecule has 0 spiro atoms. The average Bonchev–Trinajstić information content (AvgIpc) is 2.94. The van der Waals surface area contributed by atoms with Crippen molar-refractivity contribution in [3.05, 3.63) is 42.0 Å². The molecule has 0 amide bonds. The first-order chi connectivity index (χ1) is 13.0. The van der Waals surface area contributed by atoms with Gasteiger partial charge in [0.1, 0.15) is 33.8 Å². The maximum absolute atomic E-state index is 12.9. The van der Waals surface area contributed by atoms with Gasteiger partial charge in [-0.3, -0.25) is 4.79 Å². The van der Waals surface area contributed by atoms with E-state index < -0.39 is 28.6 Å². The van der Waals surface area contributed by atoms with Gasteiger partial charge in [-0.05, 0) is 63.9 Å². The Balaban J connectivity index is 1.87. The Bertz CT molecular complexity index is 1050. The van der Waals surface area contributed by atoms with Crippen LogP contribution in [0.2, 0.25) is 0 Å². The quantitative estimate of drug-likeness (QED) is 0.619. The molecule has 0 aliphatic heterocycles. The van der Waals surface area contributed by atoms with Gasteiger partial charge in [0.05, 0.1) is 4.90 Å². The van der Waals surface area contributed by atoms with Crippen LogP contribution >= 0.6 is 0 Å². The molecule has 28 heavy (non-hydrogen) atoms. The van der Waals surface area contributed by atoms with Crippen LogP contribution in [-0.2, 0) is 20.5 Å². The molecule has 2 atom stereocenters. The summed E-state index contributed by atoms with van der Waals surface area (Å²) in [6.45, 7) is 11.3. The fourth-order valence-corrected chi connectivity index (χ4v) is 4.13. The first-order valence-corrected chi connectivity index (χ1v) is 10.5. The third-order valence-electron chi connectivity index (χ3n) is 4.37. The van der Waals surface area contributed by atoms with Crippen molar-refractivity contribution in [3.63, 3.8) is 0 Å². The second-order valence-corrected chi connectivity index (χ2v) is 9.65. The normalized spacial score (nSPS) is 14.5. The highest BCUT2D eigenvalue weighted by molar-refractivity contribution is 7.83. The molecule has 0 radical (unpaired) electrons. The zero-order valence-electron chi connectivity index (χ0n) is 17.2. The van der Waals surface area contributed by atoms with E-state index in [2.05, 4.69) is 10.8 Å². The summed E-state index contributed by atoms with van der Waals surface area (Å²) in [5, 5.41) is 2.01. The van der Waals surface area contributed by atoms with Crippen LogP contribution in [0.1, 0.15) is 40.2 Å². The minimum atomic E-state index is -1.58. The summed E-state index contributed by atoms with van der Waals surface area (Å²) >= 11 is 0. The molecule has 0 aliphatic rings. The third kappa shape index (κ3) is 4.45. The Kier molecular flexibility index (Phi) is 5.64. The van der Waals surface area contributed by atoms with Crippen molar-refractivity contribution in [1.82, 2.24) is 4.72 Å². The molecule has 5 nitrogen and oxygen atoms in total. The molecule has 0 saturated carbocycles. The summed E-state index contributed by atoms with van der Waals surface area (Å²) in [6.07, 6.45) is 0. The van der Waals surface area contributed by atoms with Crippen molar-refractivity contribution >= 4 is 38.9 Å². The molecular formula is C22H27NO4S. The van der Waals surface area contributed by atoms with Crippen LogP contribution in [0, 0.1) is 12.8 Å². The van der Waals surface area contributed by atoms with Crippen molar-refractivity contribution in [2.24, 2.45) is 5.92 Å². The topological polar surface area (TPSA) is 68.5 Å². The minimum absolute atomic E-state index is 0.0725. The Morgan fingerprint density at radius 3 is 2.43 bits per heavy atom. The van der Waals surface area contributed by atoms with Gasteiger partial charge in [-0.2, -0.15) is 0 Å². The zero-order chi connectivity index (χ0) is 20.6. The molecular weight excluding hydrogens is 374 g/mol. The van der Waals surface area contributed by atoms with Gasteiger partial charge in [0.25, 0.3) is 0 Å². The highest BCUT2D eigenvalue weighted by Crippen LogP contribution is 2.30. The second-order valence-electron chi connectivity index (χ2n) is 8.40. The summed E-state index contributed by atoms with van der Waals surface area (Å²) in [5.41, 5.74) is 2.03. The van der Waals surface area contributed by atoms with E-state index in [0.29, 0.717) is 10.5 Å². The Morgan fingerprint density at radius 2 is 1.79 bits per heavy atom. The van der Waals surface area contributed by atoms with Gasteiger partial charge in [-0.1, -0.05) is 25.5 Å². The van der Waals surface area contributed by atoms with E-state index in [9.17, 15) is 9.00 Å². The Morgan fingerprint density at radius 1 is 1.07 bits per heavy atom. The third-order valence-corrected chi connectivity index (χ3v) is 5.52. The first-order valence-electron chi connectivity index (χ1n) is 9.39. The molecule has 1 N–H and O–H groups in total. The number of fused-ring (bicyclic) bond motifs is 3. The zero-order valence-corrected chi connectivity index (χ0v) is 18.0. The summed E-state index contributed by atoms with van der Waals surface area (Å²) in [4.78, 5) is 13.0. The van der Waals surface area contributed by atoms with Crippen molar-refractivity contribution < 1.29 is 18.2 Å². The maximum Gasteiger partial charge on any atom is 0.324 e. The number of carbonyl (C=O) groups is 1. The number of nitrogens with one attached hydrogen (secondary N) is 1. The lowest BCUT2D eigenvalue weighted by Crippen LogP contribution is -2.45. The predicted octanol–water partition coefficient (Wildman–Crippen LogP) is 4.87. The molecule has 3 aromatic rings. The van der Waals surface area contributed by atoms with E-state index in [1.807, 2.05) is 59.7 Å². The van der Waals surface area contributed by atoms with Crippen molar-refractivity contribution in [3.8, 4) is 0 Å². The van der Waals surface area contributed by atoms with Crippen LogP contribution < -0.4 is 4.72 Å². The summed E-state index contributed by atoms with van der Waals surface area (Å²) in [6, 6.07) is 10.8. The van der Waals surface area contributed by atoms with Gasteiger partial charge in [-0.15, -0.1) is 0 Å². The number of rotatable bonds is 5. The molecule has 1 heterocycles. The molecule has 2 unspecified atom stereocenters. The summed E-state index contributed by atoms with van der Waals surface area (Å²) in [5.74, 6) is -0.479. The van der Waals surface area contributed by atoms with Gasteiger partial charge < -0.3 is 9.15 Å². The first kappa shape index (κ1) is 20.6. The smallest absolute Gasteiger partial charge is 0.324 e. The standard InChI is InChI=1S/C22H27NO4S/c1-13(2)20(21(24)27-22(4,5)6)23-28(25)15-8-9-16-17-11-14(3)7-10-18(17)26-19(16)12-15/h7-13,20,23H,1-6H3. The van der Waals surface area contributed by atoms with Gasteiger partial charge in [0.15, 0.2) is 0 Å². The van der Waals surface area contributed by atoms with Crippen molar-refractivity contribution in [1.29, 1.82) is 0 Å². The Labute approximate surface area is 168 Å². The number of carbonyl (C=O) groups excluding carboxylic acids is 1. The molecule has 0 saturated heterocycles. The van der Waals surface area contributed by atoms with Crippen LogP contribution in [0.5, 0.6) is 0 Å². The van der Waals surface area contributed by atoms with Gasteiger partial charge in [0.2, 0.25) is 0 Å². The van der Waals surface area contributed by atoms with Crippen molar-refractivity contribution in [2.75, 3.05) is 0 Å². The summed E-state index contributed by atoms with van der Waals surface area (Å²) < 4.78 is 27.2. The number of hydrogen-bond acceptors (Lipinski definition) is 4. The van der Waals surface area contributed by atoms with E-state index in [1.165, 1.54) is 0 Å². The molecule has 3 rings (SSSR count). The number of benzene rings is 2. The predicted molar refractivity (Wildman–Crippen MR) is 112 cm³/mol. The van der Waals surface area contributed by atoms with Gasteiger partial charge >= 0.3 is 5.97 Å². The lowest BCUT2D eigenvalue weighted by atomic mass is 10.1. The number of hydrogen-bond donors (Lipinski definition) is 1. The molecule has 1 aromatic heterocycles. The average molecular weight is 402 g/mol. The lowest BCUT2D eigenvalue weighted by molar-refractivity contribution is -0.158. The van der Waals surface area contributed by atoms with E-state index in [1.54, 1.807) is 12.1 Å². The van der Waals surface area contributed by atoms with E-state index in [0.717, 1.165) is 21.9 Å². The number of esters is 1. The molecule has 150 valence electrons. The molecule has 0 fully saturated rings. The fourth-order valence-electron chi connectivity index (χ4n) is 2.99. The van der Waals surface area contributed by atoms with Crippen LogP contribution in [0.15, 0.2) is 45.7 Å². The van der Waals surface area contributed by atoms with Crippen LogP contribution in [-0.4, -0.2) is 21.8 Å². The number of furan rings is 1.